The van der Waals surface area contributed by atoms with E-state index in [9.17, 15) is 9.59 Å². The van der Waals surface area contributed by atoms with Crippen LogP contribution in [0.15, 0.2) is 0 Å². The quantitative estimate of drug-likeness (QED) is 0.275. The summed E-state index contributed by atoms with van der Waals surface area (Å²) in [6.45, 7) is 7.00. The number of unbranched alkanes of at least 4 members (excludes halogenated alkanes) is 4. The molecule has 0 unspecified atom stereocenters. The molecule has 2 N–H and O–H groups in total. The van der Waals surface area contributed by atoms with Crippen molar-refractivity contribution in [3.8, 4) is 0 Å². The SMILES string of the molecule is CCC[CH2][Sn]([CH2]CCC)[CH2]CCC.O=C(O)CCCCC(=O)O. The van der Waals surface area contributed by atoms with E-state index >= 15 is 0 Å². The van der Waals surface area contributed by atoms with Gasteiger partial charge in [-0.15, -0.1) is 0 Å². The van der Waals surface area contributed by atoms with E-state index in [4.69, 9.17) is 10.2 Å². The monoisotopic (exact) mass is 437 g/mol. The third-order valence-corrected chi connectivity index (χ3v) is 12.8. The minimum Gasteiger partial charge on any atom is -0.481 e. The van der Waals surface area contributed by atoms with E-state index in [1.165, 1.54) is 38.5 Å². The zero-order valence-electron chi connectivity index (χ0n) is 15.4. The van der Waals surface area contributed by atoms with Gasteiger partial charge in [0.2, 0.25) is 0 Å². The van der Waals surface area contributed by atoms with Crippen molar-refractivity contribution in [3.05, 3.63) is 0 Å². The Labute approximate surface area is 149 Å². The van der Waals surface area contributed by atoms with Crippen molar-refractivity contribution in [1.82, 2.24) is 0 Å². The van der Waals surface area contributed by atoms with Crippen LogP contribution in [0.25, 0.3) is 0 Å². The first-order chi connectivity index (χ1) is 11.0. The number of carboxylic acid groups (broad SMARTS) is 2. The van der Waals surface area contributed by atoms with Crippen LogP contribution in [-0.2, 0) is 9.59 Å². The van der Waals surface area contributed by atoms with Gasteiger partial charge in [-0.1, -0.05) is 0 Å². The first-order valence-corrected chi connectivity index (χ1v) is 15.3. The van der Waals surface area contributed by atoms with E-state index in [1.807, 2.05) is 0 Å². The molecule has 23 heavy (non-hydrogen) atoms. The molecule has 0 aromatic heterocycles. The Morgan fingerprint density at radius 1 is 0.652 bits per heavy atom. The summed E-state index contributed by atoms with van der Waals surface area (Å²) >= 11 is -0.839. The van der Waals surface area contributed by atoms with Crippen LogP contribution in [0.3, 0.4) is 0 Å². The topological polar surface area (TPSA) is 74.6 Å². The molecule has 0 bridgehead atoms. The Hall–Kier alpha value is -0.261. The predicted molar refractivity (Wildman–Crippen MR) is 98.6 cm³/mol. The third-order valence-electron chi connectivity index (χ3n) is 3.68. The van der Waals surface area contributed by atoms with E-state index < -0.39 is 31.7 Å². The molecule has 137 valence electrons. The Kier molecular flexibility index (Phi) is 21.5. The van der Waals surface area contributed by atoms with Gasteiger partial charge in [-0.3, -0.25) is 9.59 Å². The molecule has 0 fully saturated rings. The number of carboxylic acids is 2. The Balaban J connectivity index is 0. The van der Waals surface area contributed by atoms with Crippen LogP contribution >= 0.6 is 0 Å². The zero-order valence-corrected chi connectivity index (χ0v) is 18.3. The number of rotatable bonds is 14. The van der Waals surface area contributed by atoms with E-state index in [0.717, 1.165) is 0 Å². The van der Waals surface area contributed by atoms with Gasteiger partial charge in [-0.25, -0.2) is 0 Å². The Morgan fingerprint density at radius 3 is 1.17 bits per heavy atom. The summed E-state index contributed by atoms with van der Waals surface area (Å²) in [6.07, 6.45) is 9.86. The predicted octanol–water partition coefficient (Wildman–Crippen LogP) is 5.60. The van der Waals surface area contributed by atoms with Crippen molar-refractivity contribution in [2.24, 2.45) is 0 Å². The fourth-order valence-corrected chi connectivity index (χ4v) is 11.7. The van der Waals surface area contributed by atoms with Crippen LogP contribution in [0.1, 0.15) is 85.0 Å². The van der Waals surface area contributed by atoms with E-state index in [0.29, 0.717) is 12.8 Å². The number of aliphatic carboxylic acids is 2. The van der Waals surface area contributed by atoms with Gasteiger partial charge < -0.3 is 10.2 Å². The maximum Gasteiger partial charge on any atom is 0.303 e. The summed E-state index contributed by atoms with van der Waals surface area (Å²) in [5, 5.41) is 16.3. The van der Waals surface area contributed by atoms with Crippen LogP contribution < -0.4 is 0 Å². The molecular weight excluding hydrogens is 399 g/mol. The minimum atomic E-state index is -0.870. The number of carbonyl (C=O) groups is 2. The molecule has 0 aliphatic rings. The van der Waals surface area contributed by atoms with Crippen LogP contribution in [0.4, 0.5) is 0 Å². The van der Waals surface area contributed by atoms with E-state index in [-0.39, 0.29) is 12.8 Å². The molecule has 0 aromatic carbocycles. The van der Waals surface area contributed by atoms with Gasteiger partial charge in [-0.05, 0) is 12.8 Å². The van der Waals surface area contributed by atoms with Crippen molar-refractivity contribution in [2.75, 3.05) is 0 Å². The molecule has 0 amide bonds. The fourth-order valence-electron chi connectivity index (χ4n) is 2.21. The summed E-state index contributed by atoms with van der Waals surface area (Å²) < 4.78 is 5.04. The van der Waals surface area contributed by atoms with E-state index in [2.05, 4.69) is 20.8 Å². The minimum absolute atomic E-state index is 0.0628. The third kappa shape index (κ3) is 24.1. The molecule has 4 nitrogen and oxygen atoms in total. The van der Waals surface area contributed by atoms with Crippen LogP contribution in [0.5, 0.6) is 0 Å². The van der Waals surface area contributed by atoms with Crippen LogP contribution in [0.2, 0.25) is 13.3 Å². The summed E-state index contributed by atoms with van der Waals surface area (Å²) in [5.74, 6) is -1.74. The average Bonchev–Trinajstić information content (AvgIpc) is 2.51. The first-order valence-electron chi connectivity index (χ1n) is 9.24. The summed E-state index contributed by atoms with van der Waals surface area (Å²) in [4.78, 5) is 19.8. The molecule has 0 atom stereocenters. The first kappa shape index (κ1) is 25.0. The summed E-state index contributed by atoms with van der Waals surface area (Å²) in [7, 11) is 0. The molecule has 0 saturated carbocycles. The van der Waals surface area contributed by atoms with Gasteiger partial charge in [0, 0.05) is 12.8 Å². The average molecular weight is 436 g/mol. The normalized spacial score (nSPS) is 10.3. The van der Waals surface area contributed by atoms with E-state index in [1.54, 1.807) is 13.3 Å². The van der Waals surface area contributed by atoms with Crippen molar-refractivity contribution in [1.29, 1.82) is 0 Å². The van der Waals surface area contributed by atoms with Crippen LogP contribution in [0, 0.1) is 0 Å². The molecular formula is C18H37O4Sn. The summed E-state index contributed by atoms with van der Waals surface area (Å²) in [5.41, 5.74) is 0. The van der Waals surface area contributed by atoms with Crippen molar-refractivity contribution < 1.29 is 19.8 Å². The number of hydrogen-bond acceptors (Lipinski definition) is 2. The van der Waals surface area contributed by atoms with Crippen LogP contribution in [-0.4, -0.2) is 41.9 Å². The Morgan fingerprint density at radius 2 is 0.957 bits per heavy atom. The van der Waals surface area contributed by atoms with Gasteiger partial charge >= 0.3 is 104 Å². The zero-order chi connectivity index (χ0) is 17.9. The van der Waals surface area contributed by atoms with Gasteiger partial charge in [-0.2, -0.15) is 0 Å². The van der Waals surface area contributed by atoms with Gasteiger partial charge in [0.15, 0.2) is 0 Å². The Bertz CT molecular complexity index is 247. The van der Waals surface area contributed by atoms with Gasteiger partial charge in [0.05, 0.1) is 0 Å². The molecule has 0 spiro atoms. The summed E-state index contributed by atoms with van der Waals surface area (Å²) in [6, 6.07) is 0. The second kappa shape index (κ2) is 19.8. The molecule has 5 heteroatoms. The molecule has 0 aliphatic heterocycles. The second-order valence-corrected chi connectivity index (χ2v) is 14.6. The molecule has 0 saturated heterocycles. The fraction of sp³-hybridized carbons (Fsp3) is 0.889. The van der Waals surface area contributed by atoms with Crippen molar-refractivity contribution in [2.45, 2.75) is 98.3 Å². The molecule has 0 aliphatic carbocycles. The van der Waals surface area contributed by atoms with Gasteiger partial charge in [0.25, 0.3) is 0 Å². The maximum atomic E-state index is 9.90. The van der Waals surface area contributed by atoms with Crippen molar-refractivity contribution >= 4 is 31.7 Å². The largest absolute Gasteiger partial charge is 0.481 e. The maximum absolute atomic E-state index is 9.90. The standard InChI is InChI=1S/C6H10O4.3C4H9.Sn/c7-5(8)3-1-2-4-6(9)10;3*1-3-4-2;/h1-4H2,(H,7,8)(H,9,10);3*1,3-4H2,2H3;. The molecule has 0 aromatic rings. The van der Waals surface area contributed by atoms with Gasteiger partial charge in [0.1, 0.15) is 0 Å². The molecule has 0 rings (SSSR count). The van der Waals surface area contributed by atoms with Crippen molar-refractivity contribution in [3.63, 3.8) is 0 Å². The molecule has 0 heterocycles. The molecule has 1 radical (unpaired) electrons. The number of hydrogen-bond donors (Lipinski definition) is 2. The smallest absolute Gasteiger partial charge is 0.303 e. The second-order valence-electron chi connectivity index (χ2n) is 6.06.